The van der Waals surface area contributed by atoms with Gasteiger partial charge >= 0.3 is 0 Å². The van der Waals surface area contributed by atoms with Gasteiger partial charge in [-0.1, -0.05) is 35.9 Å². The predicted octanol–water partition coefficient (Wildman–Crippen LogP) is 3.48. The first kappa shape index (κ1) is 19.0. The van der Waals surface area contributed by atoms with Crippen LogP contribution in [0.15, 0.2) is 53.6 Å². The van der Waals surface area contributed by atoms with Gasteiger partial charge in [0.15, 0.2) is 0 Å². The first-order valence-electron chi connectivity index (χ1n) is 8.67. The minimum absolute atomic E-state index is 0.117. The van der Waals surface area contributed by atoms with Gasteiger partial charge in [0, 0.05) is 19.0 Å². The molecule has 27 heavy (non-hydrogen) atoms. The summed E-state index contributed by atoms with van der Waals surface area (Å²) in [6.07, 6.45) is 2.59. The average Bonchev–Trinajstić information content (AvgIpc) is 2.69. The van der Waals surface area contributed by atoms with Crippen molar-refractivity contribution in [1.82, 2.24) is 10.3 Å². The highest BCUT2D eigenvalue weighted by molar-refractivity contribution is 6.33. The number of amides is 2. The van der Waals surface area contributed by atoms with E-state index in [2.05, 4.69) is 10.5 Å². The van der Waals surface area contributed by atoms with Gasteiger partial charge in [0.2, 0.25) is 5.91 Å². The van der Waals surface area contributed by atoms with Crippen LogP contribution in [0.2, 0.25) is 5.02 Å². The Labute approximate surface area is 161 Å². The van der Waals surface area contributed by atoms with Crippen molar-refractivity contribution in [3.05, 3.63) is 70.5 Å². The molecule has 3 rings (SSSR count). The van der Waals surface area contributed by atoms with Crippen molar-refractivity contribution in [2.24, 2.45) is 11.0 Å². The van der Waals surface area contributed by atoms with Crippen molar-refractivity contribution in [3.8, 4) is 0 Å². The molecule has 1 aliphatic rings. The first-order chi connectivity index (χ1) is 13.0. The van der Waals surface area contributed by atoms with E-state index in [0.717, 1.165) is 0 Å². The number of hydrazone groups is 1. The fourth-order valence-electron chi connectivity index (χ4n) is 2.96. The van der Waals surface area contributed by atoms with Gasteiger partial charge in [-0.3, -0.25) is 9.59 Å². The van der Waals surface area contributed by atoms with Gasteiger partial charge in [-0.05, 0) is 42.7 Å². The number of hydrogen-bond donors (Lipinski definition) is 1. The van der Waals surface area contributed by atoms with Gasteiger partial charge in [0.1, 0.15) is 5.82 Å². The molecule has 0 bridgehead atoms. The number of halogens is 2. The smallest absolute Gasteiger partial charge is 0.255 e. The molecule has 0 unspecified atom stereocenters. The largest absolute Gasteiger partial charge is 0.339 e. The zero-order valence-corrected chi connectivity index (χ0v) is 15.3. The minimum atomic E-state index is -0.325. The van der Waals surface area contributed by atoms with E-state index in [0.29, 0.717) is 42.1 Å². The van der Waals surface area contributed by atoms with Gasteiger partial charge in [0.25, 0.3) is 5.91 Å². The van der Waals surface area contributed by atoms with E-state index in [1.165, 1.54) is 18.3 Å². The summed E-state index contributed by atoms with van der Waals surface area (Å²) in [6, 6.07) is 12.7. The van der Waals surface area contributed by atoms with Crippen molar-refractivity contribution in [2.45, 2.75) is 12.8 Å². The Bertz CT molecular complexity index is 847. The summed E-state index contributed by atoms with van der Waals surface area (Å²) in [6.45, 7) is 0.980. The summed E-state index contributed by atoms with van der Waals surface area (Å²) in [7, 11) is 0. The van der Waals surface area contributed by atoms with Crippen LogP contribution in [0.5, 0.6) is 0 Å². The van der Waals surface area contributed by atoms with Crippen molar-refractivity contribution < 1.29 is 14.0 Å². The van der Waals surface area contributed by atoms with Crippen LogP contribution >= 0.6 is 11.6 Å². The highest BCUT2D eigenvalue weighted by Crippen LogP contribution is 2.22. The highest BCUT2D eigenvalue weighted by atomic mass is 35.5. The average molecular weight is 388 g/mol. The lowest BCUT2D eigenvalue weighted by Crippen LogP contribution is -2.42. The Hall–Kier alpha value is -2.73. The van der Waals surface area contributed by atoms with Crippen LogP contribution in [0, 0.1) is 11.7 Å². The number of carbonyl (C=O) groups is 2. The second-order valence-corrected chi connectivity index (χ2v) is 6.74. The van der Waals surface area contributed by atoms with E-state index in [1.54, 1.807) is 41.3 Å². The topological polar surface area (TPSA) is 61.8 Å². The lowest BCUT2D eigenvalue weighted by Gasteiger charge is -2.31. The summed E-state index contributed by atoms with van der Waals surface area (Å²) in [4.78, 5) is 26.5. The monoisotopic (exact) mass is 387 g/mol. The second kappa shape index (κ2) is 8.77. The van der Waals surface area contributed by atoms with Crippen LogP contribution in [0.4, 0.5) is 4.39 Å². The van der Waals surface area contributed by atoms with E-state index >= 15 is 0 Å². The predicted molar refractivity (Wildman–Crippen MR) is 102 cm³/mol. The zero-order chi connectivity index (χ0) is 19.2. The maximum Gasteiger partial charge on any atom is 0.255 e. The normalized spacial score (nSPS) is 15.1. The van der Waals surface area contributed by atoms with Crippen LogP contribution in [-0.2, 0) is 4.79 Å². The molecule has 1 heterocycles. The fraction of sp³-hybridized carbons (Fsp3) is 0.250. The van der Waals surface area contributed by atoms with Crippen LogP contribution in [0.3, 0.4) is 0 Å². The number of carbonyl (C=O) groups excluding carboxylic acids is 2. The SMILES string of the molecule is O=C(N/N=C\c1ccc(F)cc1)C1CCN(C(=O)c2ccccc2Cl)CC1. The van der Waals surface area contributed by atoms with Gasteiger partial charge < -0.3 is 4.90 Å². The maximum atomic E-state index is 12.8. The molecule has 1 N–H and O–H groups in total. The van der Waals surface area contributed by atoms with Crippen LogP contribution in [0.1, 0.15) is 28.8 Å². The zero-order valence-electron chi connectivity index (χ0n) is 14.6. The van der Waals surface area contributed by atoms with E-state index in [9.17, 15) is 14.0 Å². The molecule has 2 aromatic carbocycles. The van der Waals surface area contributed by atoms with Crippen LogP contribution in [-0.4, -0.2) is 36.0 Å². The summed E-state index contributed by atoms with van der Waals surface area (Å²) >= 11 is 6.09. The van der Waals surface area contributed by atoms with Crippen LogP contribution in [0.25, 0.3) is 0 Å². The Balaban J connectivity index is 1.50. The number of rotatable bonds is 4. The lowest BCUT2D eigenvalue weighted by molar-refractivity contribution is -0.126. The first-order valence-corrected chi connectivity index (χ1v) is 9.04. The van der Waals surface area contributed by atoms with Gasteiger partial charge in [0.05, 0.1) is 16.8 Å². The number of nitrogens with one attached hydrogen (secondary N) is 1. The summed E-state index contributed by atoms with van der Waals surface area (Å²) < 4.78 is 12.8. The molecule has 1 saturated heterocycles. The third kappa shape index (κ3) is 4.92. The van der Waals surface area contributed by atoms with Crippen molar-refractivity contribution in [3.63, 3.8) is 0 Å². The Morgan fingerprint density at radius 2 is 1.78 bits per heavy atom. The molecule has 140 valence electrons. The number of hydrogen-bond acceptors (Lipinski definition) is 3. The number of piperidine rings is 1. The molecule has 0 radical (unpaired) electrons. The summed E-state index contributed by atoms with van der Waals surface area (Å²) in [5.74, 6) is -0.827. The highest BCUT2D eigenvalue weighted by Gasteiger charge is 2.28. The molecule has 0 atom stereocenters. The van der Waals surface area contributed by atoms with Gasteiger partial charge in [-0.25, -0.2) is 9.82 Å². The molecule has 5 nitrogen and oxygen atoms in total. The molecule has 1 fully saturated rings. The molecule has 0 aliphatic carbocycles. The van der Waals surface area contributed by atoms with Crippen molar-refractivity contribution in [1.29, 1.82) is 0 Å². The Kier molecular flexibility index (Phi) is 6.19. The molecular formula is C20H19ClFN3O2. The lowest BCUT2D eigenvalue weighted by atomic mass is 9.95. The standard InChI is InChI=1S/C20H19ClFN3O2/c21-18-4-2-1-3-17(18)20(27)25-11-9-15(10-12-25)19(26)24-23-13-14-5-7-16(22)8-6-14/h1-8,13,15H,9-12H2,(H,24,26)/b23-13-. The number of nitrogens with zero attached hydrogens (tertiary/aromatic N) is 2. The van der Waals surface area contributed by atoms with E-state index in [-0.39, 0.29) is 23.5 Å². The van der Waals surface area contributed by atoms with E-state index < -0.39 is 0 Å². The molecule has 7 heteroatoms. The number of benzene rings is 2. The van der Waals surface area contributed by atoms with Gasteiger partial charge in [-0.2, -0.15) is 5.10 Å². The quantitative estimate of drug-likeness (QED) is 0.645. The van der Waals surface area contributed by atoms with Crippen molar-refractivity contribution in [2.75, 3.05) is 13.1 Å². The summed E-state index contributed by atoms with van der Waals surface area (Å²) in [5, 5.41) is 4.34. The number of likely N-dealkylation sites (tertiary alicyclic amines) is 1. The third-order valence-corrected chi connectivity index (χ3v) is 4.85. The van der Waals surface area contributed by atoms with E-state index in [4.69, 9.17) is 11.6 Å². The fourth-order valence-corrected chi connectivity index (χ4v) is 3.18. The maximum absolute atomic E-state index is 12.8. The summed E-state index contributed by atoms with van der Waals surface area (Å²) in [5.41, 5.74) is 3.68. The third-order valence-electron chi connectivity index (χ3n) is 4.52. The van der Waals surface area contributed by atoms with Gasteiger partial charge in [-0.15, -0.1) is 0 Å². The molecule has 0 aromatic heterocycles. The second-order valence-electron chi connectivity index (χ2n) is 6.33. The molecule has 2 aromatic rings. The Morgan fingerprint density at radius 1 is 1.11 bits per heavy atom. The van der Waals surface area contributed by atoms with E-state index in [1.807, 2.05) is 0 Å². The molecule has 2 amide bonds. The molecule has 0 saturated carbocycles. The Morgan fingerprint density at radius 3 is 2.44 bits per heavy atom. The molecule has 1 aliphatic heterocycles. The minimum Gasteiger partial charge on any atom is -0.339 e. The molecular weight excluding hydrogens is 369 g/mol. The van der Waals surface area contributed by atoms with Crippen molar-refractivity contribution >= 4 is 29.6 Å². The van der Waals surface area contributed by atoms with Crippen LogP contribution < -0.4 is 5.43 Å². The molecule has 0 spiro atoms.